The number of hydrogen-bond acceptors (Lipinski definition) is 6. The molecule has 2 amide bonds. The van der Waals surface area contributed by atoms with Crippen LogP contribution in [0, 0.1) is 0 Å². The van der Waals surface area contributed by atoms with Crippen LogP contribution < -0.4 is 5.32 Å². The summed E-state index contributed by atoms with van der Waals surface area (Å²) in [4.78, 5) is 30.4. The van der Waals surface area contributed by atoms with Gasteiger partial charge < -0.3 is 19.5 Å². The summed E-state index contributed by atoms with van der Waals surface area (Å²) in [6.07, 6.45) is 6.94. The molecule has 2 aromatic carbocycles. The number of amides is 2. The quantitative estimate of drug-likeness (QED) is 0.385. The maximum absolute atomic E-state index is 13.1. The van der Waals surface area contributed by atoms with Gasteiger partial charge in [0.2, 0.25) is 5.91 Å². The largest absolute Gasteiger partial charge is 0.472 e. The Bertz CT molecular complexity index is 1320. The topological polar surface area (TPSA) is 99.9 Å². The van der Waals surface area contributed by atoms with E-state index in [1.54, 1.807) is 30.3 Å². The summed E-state index contributed by atoms with van der Waals surface area (Å²) in [5.41, 5.74) is 2.39. The number of carbonyl (C=O) groups excluding carboxylic acids is 2. The predicted octanol–water partition coefficient (Wildman–Crippen LogP) is 4.10. The zero-order valence-corrected chi connectivity index (χ0v) is 23.4. The van der Waals surface area contributed by atoms with Crippen LogP contribution >= 0.6 is 0 Å². The lowest BCUT2D eigenvalue weighted by Gasteiger charge is -2.38. The Morgan fingerprint density at radius 3 is 2.33 bits per heavy atom. The van der Waals surface area contributed by atoms with Crippen LogP contribution in [0.1, 0.15) is 53.7 Å². The third-order valence-electron chi connectivity index (χ3n) is 7.39. The molecule has 1 aliphatic heterocycles. The number of likely N-dealkylation sites (tertiary alicyclic amines) is 1. The van der Waals surface area contributed by atoms with Gasteiger partial charge in [-0.05, 0) is 55.5 Å². The lowest BCUT2D eigenvalue weighted by molar-refractivity contribution is -0.133. The van der Waals surface area contributed by atoms with Crippen molar-refractivity contribution in [1.29, 1.82) is 0 Å². The summed E-state index contributed by atoms with van der Waals surface area (Å²) >= 11 is 0. The number of piperidine rings is 1. The summed E-state index contributed by atoms with van der Waals surface area (Å²) in [6, 6.07) is 18.3. The molecule has 1 aliphatic rings. The van der Waals surface area contributed by atoms with E-state index in [0.717, 1.165) is 50.0 Å². The Labute approximate surface area is 230 Å². The van der Waals surface area contributed by atoms with Crippen LogP contribution in [-0.2, 0) is 21.1 Å². The van der Waals surface area contributed by atoms with Gasteiger partial charge in [-0.2, -0.15) is 0 Å². The molecule has 0 spiro atoms. The highest BCUT2D eigenvalue weighted by atomic mass is 32.2. The number of nitrogens with zero attached hydrogens (tertiary/aromatic N) is 2. The SMILES string of the molecule is CCN(C(=O)Cc1ccc(S(C)(=O)=O)cc1)C1CCN(CC[C@H](NC(=O)c2ccoc2)c2ccccc2)CC1. The highest BCUT2D eigenvalue weighted by molar-refractivity contribution is 7.90. The van der Waals surface area contributed by atoms with Gasteiger partial charge in [0.15, 0.2) is 9.84 Å². The van der Waals surface area contributed by atoms with Crippen molar-refractivity contribution in [2.45, 2.75) is 49.6 Å². The molecule has 4 rings (SSSR count). The van der Waals surface area contributed by atoms with E-state index >= 15 is 0 Å². The molecule has 208 valence electrons. The smallest absolute Gasteiger partial charge is 0.255 e. The molecular formula is C30H37N3O5S. The Kier molecular flexibility index (Phi) is 9.59. The van der Waals surface area contributed by atoms with Gasteiger partial charge in [0, 0.05) is 38.5 Å². The van der Waals surface area contributed by atoms with Crippen LogP contribution in [0.3, 0.4) is 0 Å². The Morgan fingerprint density at radius 1 is 1.05 bits per heavy atom. The highest BCUT2D eigenvalue weighted by Crippen LogP contribution is 2.22. The normalized spacial score (nSPS) is 15.5. The van der Waals surface area contributed by atoms with Gasteiger partial charge in [-0.25, -0.2) is 8.42 Å². The summed E-state index contributed by atoms with van der Waals surface area (Å²) in [6.45, 7) is 5.25. The molecular weight excluding hydrogens is 514 g/mol. The number of hydrogen-bond donors (Lipinski definition) is 1. The Morgan fingerprint density at radius 2 is 1.74 bits per heavy atom. The predicted molar refractivity (Wildman–Crippen MR) is 150 cm³/mol. The maximum atomic E-state index is 13.1. The fourth-order valence-corrected chi connectivity index (χ4v) is 5.81. The van der Waals surface area contributed by atoms with E-state index in [1.165, 1.54) is 18.8 Å². The summed E-state index contributed by atoms with van der Waals surface area (Å²) in [5, 5.41) is 3.15. The van der Waals surface area contributed by atoms with Crippen molar-refractivity contribution in [2.75, 3.05) is 32.4 Å². The number of likely N-dealkylation sites (N-methyl/N-ethyl adjacent to an activating group) is 1. The molecule has 0 aliphatic carbocycles. The number of carbonyl (C=O) groups is 2. The summed E-state index contributed by atoms with van der Waals surface area (Å²) < 4.78 is 28.5. The number of nitrogens with one attached hydrogen (secondary N) is 1. The fourth-order valence-electron chi connectivity index (χ4n) is 5.18. The average molecular weight is 552 g/mol. The van der Waals surface area contributed by atoms with Gasteiger partial charge in [-0.1, -0.05) is 42.5 Å². The summed E-state index contributed by atoms with van der Waals surface area (Å²) in [5.74, 6) is -0.0893. The van der Waals surface area contributed by atoms with Crippen LogP contribution in [0.15, 0.2) is 82.5 Å². The van der Waals surface area contributed by atoms with Gasteiger partial charge in [-0.3, -0.25) is 9.59 Å². The molecule has 0 saturated carbocycles. The Hall–Kier alpha value is -3.43. The van der Waals surface area contributed by atoms with Crippen molar-refractivity contribution < 1.29 is 22.4 Å². The lowest BCUT2D eigenvalue weighted by atomic mass is 9.99. The first-order chi connectivity index (χ1) is 18.7. The van der Waals surface area contributed by atoms with E-state index in [9.17, 15) is 18.0 Å². The molecule has 0 unspecified atom stereocenters. The second kappa shape index (κ2) is 13.1. The van der Waals surface area contributed by atoms with Crippen molar-refractivity contribution in [3.05, 3.63) is 89.9 Å². The van der Waals surface area contributed by atoms with Gasteiger partial charge in [0.1, 0.15) is 6.26 Å². The molecule has 0 radical (unpaired) electrons. The van der Waals surface area contributed by atoms with Crippen LogP contribution in [0.5, 0.6) is 0 Å². The molecule has 39 heavy (non-hydrogen) atoms. The van der Waals surface area contributed by atoms with E-state index < -0.39 is 9.84 Å². The monoisotopic (exact) mass is 551 g/mol. The number of sulfone groups is 1. The highest BCUT2D eigenvalue weighted by Gasteiger charge is 2.27. The van der Waals surface area contributed by atoms with Crippen LogP contribution in [0.25, 0.3) is 0 Å². The molecule has 3 aromatic rings. The molecule has 2 heterocycles. The van der Waals surface area contributed by atoms with E-state index in [2.05, 4.69) is 10.2 Å². The van der Waals surface area contributed by atoms with Crippen LogP contribution in [0.2, 0.25) is 0 Å². The van der Waals surface area contributed by atoms with E-state index in [0.29, 0.717) is 12.1 Å². The molecule has 1 saturated heterocycles. The summed E-state index contributed by atoms with van der Waals surface area (Å²) in [7, 11) is -3.26. The first-order valence-corrected chi connectivity index (χ1v) is 15.3. The van der Waals surface area contributed by atoms with Crippen molar-refractivity contribution >= 4 is 21.7 Å². The molecule has 1 N–H and O–H groups in total. The average Bonchev–Trinajstić information content (AvgIpc) is 3.48. The zero-order valence-electron chi connectivity index (χ0n) is 22.6. The minimum Gasteiger partial charge on any atom is -0.472 e. The number of furan rings is 1. The van der Waals surface area contributed by atoms with Gasteiger partial charge >= 0.3 is 0 Å². The molecule has 9 heteroatoms. The molecule has 1 atom stereocenters. The minimum absolute atomic E-state index is 0.0640. The third kappa shape index (κ3) is 7.80. The number of benzene rings is 2. The van der Waals surface area contributed by atoms with Crippen molar-refractivity contribution in [1.82, 2.24) is 15.1 Å². The van der Waals surface area contributed by atoms with Crippen molar-refractivity contribution in [3.8, 4) is 0 Å². The molecule has 1 aromatic heterocycles. The second-order valence-electron chi connectivity index (χ2n) is 10.1. The molecule has 0 bridgehead atoms. The standard InChI is InChI=1S/C30H37N3O5S/c1-3-33(29(34)21-23-9-11-27(12-10-23)39(2,36)37)26-13-17-32(18-14-26)19-15-28(24-7-5-4-6-8-24)31-30(35)25-16-20-38-22-25/h4-12,16,20,22,26,28H,3,13-15,17-19,21H2,1-2H3,(H,31,35)/t28-/m0/s1. The maximum Gasteiger partial charge on any atom is 0.255 e. The second-order valence-corrected chi connectivity index (χ2v) is 12.1. The van der Waals surface area contributed by atoms with E-state index in [1.807, 2.05) is 42.2 Å². The lowest BCUT2D eigenvalue weighted by Crippen LogP contribution is -2.48. The molecule has 8 nitrogen and oxygen atoms in total. The minimum atomic E-state index is -3.26. The zero-order chi connectivity index (χ0) is 27.8. The van der Waals surface area contributed by atoms with E-state index in [-0.39, 0.29) is 35.2 Å². The van der Waals surface area contributed by atoms with Gasteiger partial charge in [0.05, 0.1) is 29.2 Å². The fraction of sp³-hybridized carbons (Fsp3) is 0.400. The Balaban J connectivity index is 1.30. The first kappa shape index (κ1) is 28.6. The van der Waals surface area contributed by atoms with Crippen LogP contribution in [0.4, 0.5) is 0 Å². The van der Waals surface area contributed by atoms with Gasteiger partial charge in [0.25, 0.3) is 5.91 Å². The van der Waals surface area contributed by atoms with Crippen molar-refractivity contribution in [2.24, 2.45) is 0 Å². The van der Waals surface area contributed by atoms with Crippen LogP contribution in [-0.4, -0.2) is 68.5 Å². The number of rotatable bonds is 11. The first-order valence-electron chi connectivity index (χ1n) is 13.4. The van der Waals surface area contributed by atoms with Crippen molar-refractivity contribution in [3.63, 3.8) is 0 Å². The molecule has 1 fully saturated rings. The third-order valence-corrected chi connectivity index (χ3v) is 8.52. The van der Waals surface area contributed by atoms with Gasteiger partial charge in [-0.15, -0.1) is 0 Å². The van der Waals surface area contributed by atoms with E-state index in [4.69, 9.17) is 4.42 Å².